The Bertz CT molecular complexity index is 1500. The van der Waals surface area contributed by atoms with Gasteiger partial charge in [0.05, 0.1) is 22.3 Å². The highest BCUT2D eigenvalue weighted by atomic mass is 35.5. The molecule has 0 aromatic carbocycles. The molecular weight excluding hydrogens is 444 g/mol. The highest BCUT2D eigenvalue weighted by Crippen LogP contribution is 2.32. The monoisotopic (exact) mass is 462 g/mol. The number of halogens is 1. The Kier molecular flexibility index (Phi) is 4.98. The summed E-state index contributed by atoms with van der Waals surface area (Å²) in [6.45, 7) is 3.09. The zero-order valence-electron chi connectivity index (χ0n) is 17.6. The van der Waals surface area contributed by atoms with Gasteiger partial charge in [-0.05, 0) is 48.2 Å². The molecule has 0 bridgehead atoms. The molecule has 0 fully saturated rings. The molecule has 10 heteroatoms. The van der Waals surface area contributed by atoms with Crippen LogP contribution >= 0.6 is 11.6 Å². The van der Waals surface area contributed by atoms with Crippen molar-refractivity contribution in [3.05, 3.63) is 80.5 Å². The Morgan fingerprint density at radius 3 is 2.82 bits per heavy atom. The summed E-state index contributed by atoms with van der Waals surface area (Å²) >= 11 is 6.58. The molecule has 166 valence electrons. The molecular formula is C23H19ClN6O3. The minimum atomic E-state index is -1.34. The summed E-state index contributed by atoms with van der Waals surface area (Å²) in [6, 6.07) is 5.13. The smallest absolute Gasteiger partial charge is 0.341 e. The number of pyridine rings is 4. The molecule has 0 amide bonds. The Morgan fingerprint density at radius 2 is 2.06 bits per heavy atom. The second kappa shape index (κ2) is 7.86. The molecule has 1 aliphatic rings. The average molecular weight is 463 g/mol. The van der Waals surface area contributed by atoms with E-state index in [0.29, 0.717) is 36.1 Å². The molecule has 0 atom stereocenters. The van der Waals surface area contributed by atoms with Crippen LogP contribution in [0.25, 0.3) is 16.7 Å². The van der Waals surface area contributed by atoms with Crippen LogP contribution in [0.2, 0.25) is 5.02 Å². The lowest BCUT2D eigenvalue weighted by Gasteiger charge is -2.30. The zero-order valence-corrected chi connectivity index (χ0v) is 18.4. The molecule has 3 N–H and O–H groups in total. The zero-order chi connectivity index (χ0) is 23.3. The second-order valence-electron chi connectivity index (χ2n) is 7.92. The third-order valence-corrected chi connectivity index (χ3v) is 6.10. The third kappa shape index (κ3) is 3.56. The van der Waals surface area contributed by atoms with Crippen LogP contribution in [0.3, 0.4) is 0 Å². The number of nitrogens with zero attached hydrogens (tertiary/aromatic N) is 5. The van der Waals surface area contributed by atoms with Crippen molar-refractivity contribution in [1.82, 2.24) is 19.5 Å². The van der Waals surface area contributed by atoms with Crippen LogP contribution in [0.4, 0.5) is 11.6 Å². The lowest BCUT2D eigenvalue weighted by Crippen LogP contribution is -2.31. The first-order chi connectivity index (χ1) is 15.8. The first-order valence-electron chi connectivity index (χ1n) is 10.2. The van der Waals surface area contributed by atoms with E-state index >= 15 is 0 Å². The van der Waals surface area contributed by atoms with Gasteiger partial charge in [-0.2, -0.15) is 0 Å². The van der Waals surface area contributed by atoms with E-state index in [9.17, 15) is 14.7 Å². The Morgan fingerprint density at radius 1 is 1.24 bits per heavy atom. The van der Waals surface area contributed by atoms with Gasteiger partial charge >= 0.3 is 5.97 Å². The fourth-order valence-corrected chi connectivity index (χ4v) is 4.42. The number of fused-ring (bicyclic) bond motifs is 2. The quantitative estimate of drug-likeness (QED) is 0.475. The van der Waals surface area contributed by atoms with E-state index < -0.39 is 11.4 Å². The van der Waals surface area contributed by atoms with Crippen molar-refractivity contribution in [2.75, 3.05) is 17.2 Å². The largest absolute Gasteiger partial charge is 0.477 e. The second-order valence-corrected chi connectivity index (χ2v) is 8.33. The summed E-state index contributed by atoms with van der Waals surface area (Å²) in [4.78, 5) is 39.9. The van der Waals surface area contributed by atoms with Crippen molar-refractivity contribution in [2.24, 2.45) is 0 Å². The summed E-state index contributed by atoms with van der Waals surface area (Å²) in [5.74, 6) is -0.486. The standard InChI is InChI=1S/C23H19ClN6O3/c1-12-6-19(25)27-9-18(12)30-11-16(23(32)33)20(31)15-7-17(24)22(28-21(15)30)29-5-3-13-8-26-4-2-14(13)10-29/h2,4,6-9,11H,3,5,10H2,1H3,(H2,25,27)(H,32,33). The van der Waals surface area contributed by atoms with Crippen LogP contribution in [0.1, 0.15) is 27.0 Å². The number of hydrogen-bond donors (Lipinski definition) is 2. The van der Waals surface area contributed by atoms with Crippen LogP contribution < -0.4 is 16.1 Å². The van der Waals surface area contributed by atoms with Crippen LogP contribution in [0, 0.1) is 6.92 Å². The van der Waals surface area contributed by atoms with E-state index in [-0.39, 0.29) is 16.0 Å². The minimum Gasteiger partial charge on any atom is -0.477 e. The van der Waals surface area contributed by atoms with E-state index in [1.54, 1.807) is 16.8 Å². The molecule has 0 saturated heterocycles. The van der Waals surface area contributed by atoms with Gasteiger partial charge in [0.25, 0.3) is 0 Å². The first kappa shape index (κ1) is 20.9. The van der Waals surface area contributed by atoms with Crippen molar-refractivity contribution in [3.63, 3.8) is 0 Å². The average Bonchev–Trinajstić information content (AvgIpc) is 2.79. The summed E-state index contributed by atoms with van der Waals surface area (Å²) in [5.41, 5.74) is 8.67. The summed E-state index contributed by atoms with van der Waals surface area (Å²) in [6.07, 6.45) is 7.20. The molecule has 5 rings (SSSR count). The van der Waals surface area contributed by atoms with Gasteiger partial charge in [-0.1, -0.05) is 11.6 Å². The maximum absolute atomic E-state index is 12.9. The number of carboxylic acids is 1. The van der Waals surface area contributed by atoms with Crippen LogP contribution in [0.5, 0.6) is 0 Å². The predicted octanol–water partition coefficient (Wildman–Crippen LogP) is 2.98. The Balaban J connectivity index is 1.75. The van der Waals surface area contributed by atoms with Crippen molar-refractivity contribution < 1.29 is 9.90 Å². The summed E-state index contributed by atoms with van der Waals surface area (Å²) in [7, 11) is 0. The Hall–Kier alpha value is -3.98. The molecule has 0 radical (unpaired) electrons. The van der Waals surface area contributed by atoms with Gasteiger partial charge < -0.3 is 15.7 Å². The number of carbonyl (C=O) groups is 1. The molecule has 0 saturated carbocycles. The fraction of sp³-hybridized carbons (Fsp3) is 0.174. The fourth-order valence-electron chi connectivity index (χ4n) is 4.15. The molecule has 0 spiro atoms. The van der Waals surface area contributed by atoms with Crippen molar-refractivity contribution >= 4 is 40.2 Å². The van der Waals surface area contributed by atoms with E-state index in [0.717, 1.165) is 17.5 Å². The lowest BCUT2D eigenvalue weighted by molar-refractivity contribution is 0.0695. The normalized spacial score (nSPS) is 13.2. The molecule has 0 unspecified atom stereocenters. The maximum atomic E-state index is 12.9. The molecule has 0 aliphatic carbocycles. The number of anilines is 2. The highest BCUT2D eigenvalue weighted by Gasteiger charge is 2.23. The molecule has 1 aliphatic heterocycles. The predicted molar refractivity (Wildman–Crippen MR) is 125 cm³/mol. The molecule has 4 aromatic heterocycles. The van der Waals surface area contributed by atoms with Crippen LogP contribution in [-0.4, -0.2) is 37.1 Å². The number of carboxylic acid groups (broad SMARTS) is 1. The van der Waals surface area contributed by atoms with E-state index in [2.05, 4.69) is 9.97 Å². The first-order valence-corrected chi connectivity index (χ1v) is 10.6. The van der Waals surface area contributed by atoms with Crippen molar-refractivity contribution in [3.8, 4) is 5.69 Å². The molecule has 5 heterocycles. The Labute approximate surface area is 193 Å². The molecule has 9 nitrogen and oxygen atoms in total. The van der Waals surface area contributed by atoms with Crippen LogP contribution in [-0.2, 0) is 13.0 Å². The number of aryl methyl sites for hydroxylation is 1. The topological polar surface area (TPSA) is 127 Å². The number of rotatable bonds is 3. The number of hydrogen-bond acceptors (Lipinski definition) is 7. The molecule has 33 heavy (non-hydrogen) atoms. The number of aromatic carboxylic acids is 1. The van der Waals surface area contributed by atoms with Gasteiger partial charge in [0.2, 0.25) is 5.43 Å². The summed E-state index contributed by atoms with van der Waals surface area (Å²) in [5, 5.41) is 10.0. The van der Waals surface area contributed by atoms with Gasteiger partial charge in [-0.15, -0.1) is 0 Å². The van der Waals surface area contributed by atoms with E-state index in [4.69, 9.17) is 22.3 Å². The van der Waals surface area contributed by atoms with Gasteiger partial charge in [0.1, 0.15) is 17.2 Å². The third-order valence-electron chi connectivity index (χ3n) is 5.82. The van der Waals surface area contributed by atoms with E-state index in [1.807, 2.05) is 24.1 Å². The lowest BCUT2D eigenvalue weighted by atomic mass is 10.0. The number of nitrogen functional groups attached to an aromatic ring is 1. The SMILES string of the molecule is Cc1cc(N)ncc1-n1cc(C(=O)O)c(=O)c2cc(Cl)c(N3CCc4cnccc4C3)nc21. The molecule has 4 aromatic rings. The van der Waals surface area contributed by atoms with Gasteiger partial charge in [0.15, 0.2) is 5.65 Å². The summed E-state index contributed by atoms with van der Waals surface area (Å²) < 4.78 is 1.56. The highest BCUT2D eigenvalue weighted by molar-refractivity contribution is 6.33. The maximum Gasteiger partial charge on any atom is 0.341 e. The number of nitrogens with two attached hydrogens (primary N) is 1. The number of aromatic nitrogens is 4. The van der Waals surface area contributed by atoms with Crippen molar-refractivity contribution in [2.45, 2.75) is 19.9 Å². The van der Waals surface area contributed by atoms with Gasteiger partial charge in [-0.3, -0.25) is 14.3 Å². The van der Waals surface area contributed by atoms with Gasteiger partial charge in [-0.25, -0.2) is 14.8 Å². The van der Waals surface area contributed by atoms with E-state index in [1.165, 1.54) is 24.0 Å². The van der Waals surface area contributed by atoms with Crippen LogP contribution in [0.15, 0.2) is 47.8 Å². The van der Waals surface area contributed by atoms with Crippen molar-refractivity contribution in [1.29, 1.82) is 0 Å². The minimum absolute atomic E-state index is 0.112. The van der Waals surface area contributed by atoms with Gasteiger partial charge in [0, 0.05) is 31.7 Å².